The Morgan fingerprint density at radius 3 is 2.58 bits per heavy atom. The van der Waals surface area contributed by atoms with Gasteiger partial charge in [-0.3, -0.25) is 0 Å². The van der Waals surface area contributed by atoms with E-state index in [2.05, 4.69) is 20.4 Å². The quantitative estimate of drug-likeness (QED) is 0.468. The molecular weight excluding hydrogens is 336 g/mol. The highest BCUT2D eigenvalue weighted by Crippen LogP contribution is 2.82. The normalized spacial score (nSPS) is 66.8. The molecule has 0 amide bonds. The molecule has 4 saturated carbocycles. The van der Waals surface area contributed by atoms with Crippen LogP contribution in [0, 0.1) is 34.0 Å². The average molecular weight is 364 g/mol. The first-order chi connectivity index (χ1) is 12.1. The van der Waals surface area contributed by atoms with Crippen LogP contribution in [0.2, 0.25) is 0 Å². The van der Waals surface area contributed by atoms with Gasteiger partial charge in [0.15, 0.2) is 6.29 Å². The molecule has 4 aliphatic heterocycles. The van der Waals surface area contributed by atoms with Gasteiger partial charge in [-0.1, -0.05) is 26.8 Å². The van der Waals surface area contributed by atoms with Crippen molar-refractivity contribution in [1.82, 2.24) is 0 Å². The second-order valence-corrected chi connectivity index (χ2v) is 10.4. The van der Waals surface area contributed by atoms with Crippen molar-refractivity contribution < 1.29 is 29.9 Å². The lowest BCUT2D eigenvalue weighted by molar-refractivity contribution is -0.570. The number of hydrogen-bond donors (Lipinski definition) is 4. The van der Waals surface area contributed by atoms with Gasteiger partial charge in [0.1, 0.15) is 6.10 Å². The Balaban J connectivity index is 1.69. The van der Waals surface area contributed by atoms with Crippen molar-refractivity contribution in [3.05, 3.63) is 12.2 Å². The fourth-order valence-electron chi connectivity index (χ4n) is 8.75. The van der Waals surface area contributed by atoms with Crippen LogP contribution in [0.25, 0.3) is 0 Å². The van der Waals surface area contributed by atoms with E-state index in [9.17, 15) is 20.4 Å². The molecular formula is C20H28O6. The van der Waals surface area contributed by atoms with Crippen LogP contribution < -0.4 is 0 Å². The standard InChI is InChI=1S/C20H28O6/c1-8-9-7-10(21)11-18-6-4-5-17(2,3)12(18)14(23)20(24)19(11,13(8)22)15(9)25-16(18)26-20/h9-16,21-24H,1,4-7H2,2-3H3/t9-,10-,11+,12-,13-,14+,15+,16?,18-,19+,20-/m1/s1. The van der Waals surface area contributed by atoms with Crippen LogP contribution in [0.5, 0.6) is 0 Å². The number of hydrogen-bond acceptors (Lipinski definition) is 6. The number of aliphatic hydroxyl groups is 4. The third kappa shape index (κ3) is 1.25. The molecule has 4 N–H and O–H groups in total. The predicted molar refractivity (Wildman–Crippen MR) is 89.4 cm³/mol. The van der Waals surface area contributed by atoms with E-state index in [1.807, 2.05) is 0 Å². The average Bonchev–Trinajstić information content (AvgIpc) is 2.70. The van der Waals surface area contributed by atoms with E-state index in [0.29, 0.717) is 12.0 Å². The highest BCUT2D eigenvalue weighted by molar-refractivity contribution is 5.41. The fourth-order valence-corrected chi connectivity index (χ4v) is 8.75. The van der Waals surface area contributed by atoms with Gasteiger partial charge in [-0.15, -0.1) is 0 Å². The molecule has 144 valence electrons. The predicted octanol–water partition coefficient (Wildman–Crippen LogP) is 0.531. The number of rotatable bonds is 0. The maximum atomic E-state index is 11.8. The molecule has 0 aromatic rings. The van der Waals surface area contributed by atoms with Crippen LogP contribution in [0.3, 0.4) is 0 Å². The molecule has 8 rings (SSSR count). The van der Waals surface area contributed by atoms with Gasteiger partial charge in [0.25, 0.3) is 0 Å². The van der Waals surface area contributed by atoms with Crippen molar-refractivity contribution in [3.8, 4) is 0 Å². The summed E-state index contributed by atoms with van der Waals surface area (Å²) in [7, 11) is 0. The van der Waals surface area contributed by atoms with Gasteiger partial charge in [-0.2, -0.15) is 0 Å². The summed E-state index contributed by atoms with van der Waals surface area (Å²) in [6.07, 6.45) is -0.831. The number of aliphatic hydroxyl groups excluding tert-OH is 3. The maximum Gasteiger partial charge on any atom is 0.206 e. The molecule has 11 atom stereocenters. The van der Waals surface area contributed by atoms with Crippen molar-refractivity contribution in [1.29, 1.82) is 0 Å². The van der Waals surface area contributed by atoms with Crippen molar-refractivity contribution in [2.75, 3.05) is 0 Å². The van der Waals surface area contributed by atoms with Crippen LogP contribution in [-0.4, -0.2) is 56.9 Å². The Kier molecular flexibility index (Phi) is 2.68. The van der Waals surface area contributed by atoms with E-state index in [0.717, 1.165) is 19.3 Å². The van der Waals surface area contributed by atoms with Crippen molar-refractivity contribution >= 4 is 0 Å². The van der Waals surface area contributed by atoms with E-state index in [4.69, 9.17) is 9.47 Å². The zero-order chi connectivity index (χ0) is 18.4. The van der Waals surface area contributed by atoms with Crippen LogP contribution in [0.4, 0.5) is 0 Å². The van der Waals surface area contributed by atoms with Gasteiger partial charge in [0.05, 0.1) is 23.7 Å². The largest absolute Gasteiger partial charge is 0.393 e. The summed E-state index contributed by atoms with van der Waals surface area (Å²) >= 11 is 0. The third-order valence-corrected chi connectivity index (χ3v) is 9.27. The molecule has 0 aromatic heterocycles. The van der Waals surface area contributed by atoms with Gasteiger partial charge in [-0.05, 0) is 30.3 Å². The lowest BCUT2D eigenvalue weighted by atomic mass is 9.34. The summed E-state index contributed by atoms with van der Waals surface area (Å²) in [5.74, 6) is -2.76. The molecule has 4 heterocycles. The van der Waals surface area contributed by atoms with Crippen LogP contribution in [0.15, 0.2) is 12.2 Å². The molecule has 7 bridgehead atoms. The Morgan fingerprint density at radius 2 is 1.85 bits per heavy atom. The number of ether oxygens (including phenoxy) is 2. The Hall–Kier alpha value is -0.500. The Morgan fingerprint density at radius 1 is 1.12 bits per heavy atom. The molecule has 26 heavy (non-hydrogen) atoms. The van der Waals surface area contributed by atoms with Crippen LogP contribution >= 0.6 is 0 Å². The van der Waals surface area contributed by atoms with Crippen molar-refractivity contribution in [3.63, 3.8) is 0 Å². The topological polar surface area (TPSA) is 99.4 Å². The minimum absolute atomic E-state index is 0.216. The van der Waals surface area contributed by atoms with Gasteiger partial charge in [0, 0.05) is 23.2 Å². The zero-order valence-corrected chi connectivity index (χ0v) is 15.3. The van der Waals surface area contributed by atoms with Gasteiger partial charge in [0.2, 0.25) is 5.79 Å². The summed E-state index contributed by atoms with van der Waals surface area (Å²) in [5, 5.41) is 45.7. The molecule has 6 heteroatoms. The van der Waals surface area contributed by atoms with Gasteiger partial charge >= 0.3 is 0 Å². The lowest BCUT2D eigenvalue weighted by Gasteiger charge is -2.80. The molecule has 8 aliphatic rings. The monoisotopic (exact) mass is 364 g/mol. The highest BCUT2D eigenvalue weighted by atomic mass is 16.8. The Labute approximate surface area is 152 Å². The fraction of sp³-hybridized carbons (Fsp3) is 0.900. The van der Waals surface area contributed by atoms with E-state index in [1.54, 1.807) is 0 Å². The molecule has 8 fully saturated rings. The second-order valence-electron chi connectivity index (χ2n) is 10.4. The highest BCUT2D eigenvalue weighted by Gasteiger charge is 2.92. The van der Waals surface area contributed by atoms with E-state index < -0.39 is 47.3 Å². The molecule has 4 saturated heterocycles. The van der Waals surface area contributed by atoms with Gasteiger partial charge in [-0.25, -0.2) is 0 Å². The maximum absolute atomic E-state index is 11.8. The minimum Gasteiger partial charge on any atom is -0.393 e. The molecule has 4 aliphatic carbocycles. The molecule has 0 aromatic carbocycles. The summed E-state index contributed by atoms with van der Waals surface area (Å²) in [6.45, 7) is 8.31. The molecule has 1 unspecified atom stereocenters. The summed E-state index contributed by atoms with van der Waals surface area (Å²) in [4.78, 5) is 0. The zero-order valence-electron chi connectivity index (χ0n) is 15.3. The van der Waals surface area contributed by atoms with Crippen LogP contribution in [-0.2, 0) is 9.47 Å². The van der Waals surface area contributed by atoms with E-state index in [-0.39, 0.29) is 23.2 Å². The van der Waals surface area contributed by atoms with E-state index >= 15 is 0 Å². The molecule has 6 nitrogen and oxygen atoms in total. The minimum atomic E-state index is -1.93. The van der Waals surface area contributed by atoms with Gasteiger partial charge < -0.3 is 29.9 Å². The first kappa shape index (κ1) is 16.5. The third-order valence-electron chi connectivity index (χ3n) is 9.27. The summed E-state index contributed by atoms with van der Waals surface area (Å²) < 4.78 is 12.4. The van der Waals surface area contributed by atoms with Crippen LogP contribution in [0.1, 0.15) is 39.5 Å². The first-order valence-corrected chi connectivity index (χ1v) is 9.92. The second kappa shape index (κ2) is 4.24. The molecule has 0 radical (unpaired) electrons. The smallest absolute Gasteiger partial charge is 0.206 e. The summed E-state index contributed by atoms with van der Waals surface area (Å²) in [5.41, 5.74) is -1.47. The Bertz CT molecular complexity index is 721. The van der Waals surface area contributed by atoms with E-state index in [1.165, 1.54) is 0 Å². The SMILES string of the molecule is C=C1[C@H]2C[C@@H](O)[C@H]3[C@]45CCCC(C)(C)[C@H]4[C@H](O)[C@@]4(O)OC5O[C@@H]2[C@@]34[C@@H]1O. The molecule has 2 spiro atoms. The lowest BCUT2D eigenvalue weighted by Crippen LogP contribution is -2.91. The summed E-state index contributed by atoms with van der Waals surface area (Å²) in [6, 6.07) is 0. The van der Waals surface area contributed by atoms with Crippen molar-refractivity contribution in [2.45, 2.75) is 76.0 Å². The first-order valence-electron chi connectivity index (χ1n) is 9.92. The van der Waals surface area contributed by atoms with Crippen molar-refractivity contribution in [2.24, 2.45) is 34.0 Å².